The van der Waals surface area contributed by atoms with Gasteiger partial charge in [0.15, 0.2) is 0 Å². The van der Waals surface area contributed by atoms with E-state index < -0.39 is 17.4 Å². The number of rotatable bonds is 3. The molecule has 0 fully saturated rings. The van der Waals surface area contributed by atoms with Crippen molar-refractivity contribution >= 4 is 32.9 Å². The molecule has 25 heavy (non-hydrogen) atoms. The second kappa shape index (κ2) is 6.80. The van der Waals surface area contributed by atoms with Gasteiger partial charge in [-0.2, -0.15) is 0 Å². The van der Waals surface area contributed by atoms with E-state index in [9.17, 15) is 14.0 Å². The van der Waals surface area contributed by atoms with E-state index >= 15 is 0 Å². The van der Waals surface area contributed by atoms with Crippen LogP contribution in [0.2, 0.25) is 0 Å². The summed E-state index contributed by atoms with van der Waals surface area (Å²) in [7, 11) is 0. The number of benzene rings is 2. The SMILES string of the molecule is Cc1cc2oc(=O)cc(COC(=O)c3cc(Br)ccc3F)c2cc1C. The molecule has 0 N–H and O–H groups in total. The minimum atomic E-state index is -0.802. The van der Waals surface area contributed by atoms with Crippen molar-refractivity contribution in [1.29, 1.82) is 0 Å². The van der Waals surface area contributed by atoms with Gasteiger partial charge in [0.2, 0.25) is 0 Å². The van der Waals surface area contributed by atoms with Crippen molar-refractivity contribution in [1.82, 2.24) is 0 Å². The summed E-state index contributed by atoms with van der Waals surface area (Å²) in [6, 6.07) is 8.94. The van der Waals surface area contributed by atoms with Crippen molar-refractivity contribution in [2.75, 3.05) is 0 Å². The Labute approximate surface area is 151 Å². The number of aryl methyl sites for hydroxylation is 2. The van der Waals surface area contributed by atoms with Crippen LogP contribution >= 0.6 is 15.9 Å². The van der Waals surface area contributed by atoms with Crippen LogP contribution in [-0.4, -0.2) is 5.97 Å². The third-order valence-electron chi connectivity index (χ3n) is 3.95. The van der Waals surface area contributed by atoms with Gasteiger partial charge in [-0.3, -0.25) is 0 Å². The van der Waals surface area contributed by atoms with Gasteiger partial charge in [0.05, 0.1) is 5.56 Å². The molecule has 0 radical (unpaired) electrons. The Morgan fingerprint density at radius 1 is 1.16 bits per heavy atom. The summed E-state index contributed by atoms with van der Waals surface area (Å²) in [5.41, 5.74) is 2.24. The average Bonchev–Trinajstić information content (AvgIpc) is 2.56. The van der Waals surface area contributed by atoms with Crippen molar-refractivity contribution < 1.29 is 18.3 Å². The van der Waals surface area contributed by atoms with Gasteiger partial charge in [0.25, 0.3) is 0 Å². The highest BCUT2D eigenvalue weighted by molar-refractivity contribution is 9.10. The van der Waals surface area contributed by atoms with E-state index in [1.165, 1.54) is 24.3 Å². The molecule has 0 aliphatic heterocycles. The van der Waals surface area contributed by atoms with E-state index in [1.807, 2.05) is 19.9 Å². The molecule has 3 rings (SSSR count). The van der Waals surface area contributed by atoms with Gasteiger partial charge in [-0.1, -0.05) is 15.9 Å². The minimum Gasteiger partial charge on any atom is -0.457 e. The standard InChI is InChI=1S/C19H14BrFO4/c1-10-5-14-12(7-18(22)25-17(14)6-11(10)2)9-24-19(23)15-8-13(20)3-4-16(15)21/h3-8H,9H2,1-2H3. The molecule has 6 heteroatoms. The summed E-state index contributed by atoms with van der Waals surface area (Å²) in [4.78, 5) is 23.9. The first-order valence-corrected chi connectivity index (χ1v) is 8.30. The molecule has 1 aromatic heterocycles. The highest BCUT2D eigenvalue weighted by atomic mass is 79.9. The van der Waals surface area contributed by atoms with Gasteiger partial charge in [0.1, 0.15) is 18.0 Å². The van der Waals surface area contributed by atoms with Gasteiger partial charge in [-0.15, -0.1) is 0 Å². The number of fused-ring (bicyclic) bond motifs is 1. The lowest BCUT2D eigenvalue weighted by Crippen LogP contribution is -2.09. The highest BCUT2D eigenvalue weighted by Crippen LogP contribution is 2.23. The quantitative estimate of drug-likeness (QED) is 0.470. The molecule has 0 saturated heterocycles. The zero-order chi connectivity index (χ0) is 18.1. The van der Waals surface area contributed by atoms with E-state index in [0.717, 1.165) is 11.1 Å². The molecule has 0 aliphatic carbocycles. The fourth-order valence-electron chi connectivity index (χ4n) is 2.48. The van der Waals surface area contributed by atoms with Crippen LogP contribution in [0.3, 0.4) is 0 Å². The fraction of sp³-hybridized carbons (Fsp3) is 0.158. The summed E-state index contributed by atoms with van der Waals surface area (Å²) in [6.07, 6.45) is 0. The van der Waals surface area contributed by atoms with Gasteiger partial charge in [-0.05, 0) is 55.3 Å². The molecule has 2 aromatic carbocycles. The monoisotopic (exact) mass is 404 g/mol. The van der Waals surface area contributed by atoms with Crippen molar-refractivity contribution in [2.24, 2.45) is 0 Å². The molecule has 0 saturated carbocycles. The fourth-order valence-corrected chi connectivity index (χ4v) is 2.84. The third-order valence-corrected chi connectivity index (χ3v) is 4.44. The lowest BCUT2D eigenvalue weighted by molar-refractivity contribution is 0.0468. The van der Waals surface area contributed by atoms with Crippen LogP contribution in [0.15, 0.2) is 50.1 Å². The van der Waals surface area contributed by atoms with E-state index in [1.54, 1.807) is 6.07 Å². The second-order valence-electron chi connectivity index (χ2n) is 5.72. The number of hydrogen-bond acceptors (Lipinski definition) is 4. The molecule has 0 unspecified atom stereocenters. The summed E-state index contributed by atoms with van der Waals surface area (Å²) >= 11 is 3.19. The lowest BCUT2D eigenvalue weighted by atomic mass is 10.0. The summed E-state index contributed by atoms with van der Waals surface area (Å²) in [6.45, 7) is 3.69. The van der Waals surface area contributed by atoms with Crippen molar-refractivity contribution in [2.45, 2.75) is 20.5 Å². The number of hydrogen-bond donors (Lipinski definition) is 0. The number of esters is 1. The Morgan fingerprint density at radius 2 is 1.88 bits per heavy atom. The summed E-state index contributed by atoms with van der Waals surface area (Å²) in [5.74, 6) is -1.47. The number of ether oxygens (including phenoxy) is 1. The van der Waals surface area contributed by atoms with Gasteiger partial charge < -0.3 is 9.15 Å². The van der Waals surface area contributed by atoms with Gasteiger partial charge in [0, 0.05) is 21.5 Å². The van der Waals surface area contributed by atoms with Crippen LogP contribution in [-0.2, 0) is 11.3 Å². The number of carbonyl (C=O) groups is 1. The largest absolute Gasteiger partial charge is 0.457 e. The molecule has 0 bridgehead atoms. The minimum absolute atomic E-state index is 0.157. The predicted octanol–water partition coefficient (Wildman–Crippen LogP) is 4.67. The first-order valence-electron chi connectivity index (χ1n) is 7.51. The van der Waals surface area contributed by atoms with Crippen LogP contribution in [0, 0.1) is 19.7 Å². The Hall–Kier alpha value is -2.47. The molecular formula is C19H14BrFO4. The maximum atomic E-state index is 13.8. The molecule has 1 heterocycles. The van der Waals surface area contributed by atoms with E-state index in [-0.39, 0.29) is 12.2 Å². The maximum Gasteiger partial charge on any atom is 0.341 e. The zero-order valence-corrected chi connectivity index (χ0v) is 15.1. The number of halogens is 2. The molecule has 0 amide bonds. The first-order chi connectivity index (χ1) is 11.8. The maximum absolute atomic E-state index is 13.8. The molecule has 0 aliphatic rings. The average molecular weight is 405 g/mol. The van der Waals surface area contributed by atoms with Crippen LogP contribution in [0.1, 0.15) is 27.0 Å². The Balaban J connectivity index is 1.93. The van der Waals surface area contributed by atoms with Crippen molar-refractivity contribution in [3.63, 3.8) is 0 Å². The van der Waals surface area contributed by atoms with E-state index in [4.69, 9.17) is 9.15 Å². The summed E-state index contributed by atoms with van der Waals surface area (Å²) < 4.78 is 24.7. The third kappa shape index (κ3) is 3.64. The van der Waals surface area contributed by atoms with Gasteiger partial charge >= 0.3 is 11.6 Å². The van der Waals surface area contributed by atoms with Crippen LogP contribution in [0.25, 0.3) is 11.0 Å². The second-order valence-corrected chi connectivity index (χ2v) is 6.64. The van der Waals surface area contributed by atoms with Gasteiger partial charge in [-0.25, -0.2) is 14.0 Å². The summed E-state index contributed by atoms with van der Waals surface area (Å²) in [5, 5.41) is 0.685. The van der Waals surface area contributed by atoms with Crippen LogP contribution in [0.4, 0.5) is 4.39 Å². The molecule has 0 atom stereocenters. The number of carbonyl (C=O) groups excluding carboxylic acids is 1. The molecule has 0 spiro atoms. The molecule has 3 aromatic rings. The lowest BCUT2D eigenvalue weighted by Gasteiger charge is -2.09. The van der Waals surface area contributed by atoms with Crippen molar-refractivity contribution in [3.8, 4) is 0 Å². The van der Waals surface area contributed by atoms with E-state index in [0.29, 0.717) is 21.0 Å². The Bertz CT molecular complexity index is 1040. The Kier molecular flexibility index (Phi) is 4.72. The predicted molar refractivity (Wildman–Crippen MR) is 95.2 cm³/mol. The zero-order valence-electron chi connectivity index (χ0n) is 13.6. The van der Waals surface area contributed by atoms with Crippen LogP contribution < -0.4 is 5.63 Å². The van der Waals surface area contributed by atoms with Crippen molar-refractivity contribution in [3.05, 3.63) is 79.4 Å². The normalized spacial score (nSPS) is 10.9. The smallest absolute Gasteiger partial charge is 0.341 e. The molecule has 4 nitrogen and oxygen atoms in total. The highest BCUT2D eigenvalue weighted by Gasteiger charge is 2.15. The first kappa shape index (κ1) is 17.4. The Morgan fingerprint density at radius 3 is 2.64 bits per heavy atom. The topological polar surface area (TPSA) is 56.5 Å². The van der Waals surface area contributed by atoms with Crippen LogP contribution in [0.5, 0.6) is 0 Å². The molecule has 128 valence electrons. The molecular weight excluding hydrogens is 391 g/mol. The van der Waals surface area contributed by atoms with E-state index in [2.05, 4.69) is 15.9 Å².